The summed E-state index contributed by atoms with van der Waals surface area (Å²) in [5.74, 6) is 2.54. The van der Waals surface area contributed by atoms with Crippen molar-refractivity contribution >= 4 is 17.7 Å². The van der Waals surface area contributed by atoms with Crippen LogP contribution < -0.4 is 5.32 Å². The normalized spacial score (nSPS) is 23.5. The van der Waals surface area contributed by atoms with Gasteiger partial charge >= 0.3 is 6.09 Å². The maximum Gasteiger partial charge on any atom is 0.412 e. The second-order valence-corrected chi connectivity index (χ2v) is 7.76. The Morgan fingerprint density at radius 3 is 2.54 bits per heavy atom. The fraction of sp³-hybridized carbons (Fsp3) is 0.476. The van der Waals surface area contributed by atoms with Crippen LogP contribution in [-0.2, 0) is 22.6 Å². The number of ether oxygens (including phenoxy) is 1. The number of carbonyl (C=O) groups is 2. The van der Waals surface area contributed by atoms with E-state index in [1.54, 1.807) is 6.92 Å². The van der Waals surface area contributed by atoms with Crippen molar-refractivity contribution in [3.05, 3.63) is 48.2 Å². The van der Waals surface area contributed by atoms with Gasteiger partial charge in [-0.1, -0.05) is 12.1 Å². The number of piperidine rings is 1. The van der Waals surface area contributed by atoms with Crippen LogP contribution in [0.25, 0.3) is 0 Å². The zero-order valence-corrected chi connectivity index (χ0v) is 16.0. The third-order valence-electron chi connectivity index (χ3n) is 5.98. The van der Waals surface area contributed by atoms with Crippen molar-refractivity contribution in [2.24, 2.45) is 17.8 Å². The molecule has 7 heteroatoms. The number of carbonyl (C=O) groups excluding carboxylic acids is 2. The Kier molecular flexibility index (Phi) is 5.32. The molecule has 2 aromatic rings. The highest BCUT2D eigenvalue weighted by Gasteiger charge is 2.42. The lowest BCUT2D eigenvalue weighted by Crippen LogP contribution is -2.44. The molecule has 28 heavy (non-hydrogen) atoms. The Morgan fingerprint density at radius 2 is 1.93 bits per heavy atom. The molecule has 1 aromatic carbocycles. The van der Waals surface area contributed by atoms with Crippen LogP contribution in [-0.4, -0.2) is 35.0 Å². The molecule has 2 fully saturated rings. The standard InChI is InChI=1S/C21H25N3O4/c1-14(25)24-10-16-4-5-17(11-24)20(16)8-15-2-6-18(7-3-15)23-21(26)27-12-19-9-22-13-28-19/h2-3,6-7,9,13,16-17,20H,4-5,8,10-12H2,1H3,(H,23,26). The topological polar surface area (TPSA) is 84.7 Å². The van der Waals surface area contributed by atoms with Crippen molar-refractivity contribution in [1.29, 1.82) is 0 Å². The first-order chi connectivity index (χ1) is 13.6. The molecule has 7 nitrogen and oxygen atoms in total. The number of benzene rings is 1. The minimum atomic E-state index is -0.529. The number of amides is 2. The number of aromatic nitrogens is 1. The lowest BCUT2D eigenvalue weighted by atomic mass is 9.80. The third kappa shape index (κ3) is 4.18. The molecule has 2 atom stereocenters. The summed E-state index contributed by atoms with van der Waals surface area (Å²) in [5, 5.41) is 2.72. The predicted molar refractivity (Wildman–Crippen MR) is 102 cm³/mol. The summed E-state index contributed by atoms with van der Waals surface area (Å²) in [6.07, 6.45) is 5.74. The van der Waals surface area contributed by atoms with E-state index in [9.17, 15) is 9.59 Å². The molecule has 2 aliphatic rings. The zero-order valence-electron chi connectivity index (χ0n) is 16.0. The highest BCUT2D eigenvalue weighted by atomic mass is 16.6. The van der Waals surface area contributed by atoms with E-state index in [1.165, 1.54) is 31.0 Å². The third-order valence-corrected chi connectivity index (χ3v) is 5.98. The summed E-state index contributed by atoms with van der Waals surface area (Å²) in [7, 11) is 0. The molecule has 0 spiro atoms. The number of nitrogens with one attached hydrogen (secondary N) is 1. The van der Waals surface area contributed by atoms with Crippen LogP contribution in [0.2, 0.25) is 0 Å². The largest absolute Gasteiger partial charge is 0.445 e. The van der Waals surface area contributed by atoms with Crippen LogP contribution in [0, 0.1) is 17.8 Å². The number of oxazole rings is 1. The molecule has 2 heterocycles. The number of rotatable bonds is 5. The molecule has 1 N–H and O–H groups in total. The summed E-state index contributed by atoms with van der Waals surface area (Å²) in [5.41, 5.74) is 1.96. The van der Waals surface area contributed by atoms with Crippen LogP contribution in [0.1, 0.15) is 31.1 Å². The maximum atomic E-state index is 11.9. The summed E-state index contributed by atoms with van der Waals surface area (Å²) >= 11 is 0. The highest BCUT2D eigenvalue weighted by molar-refractivity contribution is 5.84. The first kappa shape index (κ1) is 18.5. The van der Waals surface area contributed by atoms with Crippen molar-refractivity contribution in [3.63, 3.8) is 0 Å². The van der Waals surface area contributed by atoms with E-state index < -0.39 is 6.09 Å². The number of likely N-dealkylation sites (tertiary alicyclic amines) is 1. The molecule has 2 unspecified atom stereocenters. The zero-order chi connectivity index (χ0) is 19.5. The van der Waals surface area contributed by atoms with Gasteiger partial charge in [0.1, 0.15) is 0 Å². The van der Waals surface area contributed by atoms with E-state index >= 15 is 0 Å². The smallest absolute Gasteiger partial charge is 0.412 e. The molecule has 1 aliphatic carbocycles. The fourth-order valence-electron chi connectivity index (χ4n) is 4.53. The van der Waals surface area contributed by atoms with Crippen LogP contribution >= 0.6 is 0 Å². The summed E-state index contributed by atoms with van der Waals surface area (Å²) < 4.78 is 10.1. The van der Waals surface area contributed by atoms with Gasteiger partial charge in [0.05, 0.1) is 6.20 Å². The number of fused-ring (bicyclic) bond motifs is 2. The van der Waals surface area contributed by atoms with Gasteiger partial charge in [0.2, 0.25) is 5.91 Å². The van der Waals surface area contributed by atoms with Crippen molar-refractivity contribution < 1.29 is 18.7 Å². The molecule has 148 valence electrons. The second-order valence-electron chi connectivity index (χ2n) is 7.76. The predicted octanol–water partition coefficient (Wildman–Crippen LogP) is 3.47. The molecule has 0 radical (unpaired) electrons. The number of hydrogen-bond acceptors (Lipinski definition) is 5. The molecule has 1 saturated heterocycles. The molecule has 1 aromatic heterocycles. The Labute approximate surface area is 164 Å². The SMILES string of the molecule is CC(=O)N1CC2CCC(C1)C2Cc1ccc(NC(=O)OCc2cnco2)cc1. The first-order valence-electron chi connectivity index (χ1n) is 9.74. The van der Waals surface area contributed by atoms with Crippen molar-refractivity contribution in [1.82, 2.24) is 9.88 Å². The average Bonchev–Trinajstić information content (AvgIpc) is 3.27. The van der Waals surface area contributed by atoms with E-state index in [1.807, 2.05) is 17.0 Å². The second kappa shape index (κ2) is 8.04. The molecule has 1 saturated carbocycles. The van der Waals surface area contributed by atoms with Crippen molar-refractivity contribution in [2.45, 2.75) is 32.8 Å². The van der Waals surface area contributed by atoms with Gasteiger partial charge in [-0.2, -0.15) is 0 Å². The van der Waals surface area contributed by atoms with E-state index in [-0.39, 0.29) is 12.5 Å². The van der Waals surface area contributed by atoms with Gasteiger partial charge in [-0.15, -0.1) is 0 Å². The minimum absolute atomic E-state index is 0.0473. The Morgan fingerprint density at radius 1 is 1.21 bits per heavy atom. The van der Waals surface area contributed by atoms with Gasteiger partial charge in [0, 0.05) is 25.7 Å². The van der Waals surface area contributed by atoms with Gasteiger partial charge < -0.3 is 14.1 Å². The lowest BCUT2D eigenvalue weighted by Gasteiger charge is -2.37. The maximum absolute atomic E-state index is 11.9. The van der Waals surface area contributed by atoms with Crippen molar-refractivity contribution in [2.75, 3.05) is 18.4 Å². The van der Waals surface area contributed by atoms with Gasteiger partial charge in [-0.25, -0.2) is 9.78 Å². The average molecular weight is 383 g/mol. The molecule has 2 amide bonds. The van der Waals surface area contributed by atoms with Gasteiger partial charge in [-0.05, 0) is 54.7 Å². The summed E-state index contributed by atoms with van der Waals surface area (Å²) in [4.78, 5) is 29.3. The molecule has 1 aliphatic heterocycles. The van der Waals surface area contributed by atoms with Crippen LogP contribution in [0.4, 0.5) is 10.5 Å². The minimum Gasteiger partial charge on any atom is -0.445 e. The highest BCUT2D eigenvalue weighted by Crippen LogP contribution is 2.43. The molecular formula is C21H25N3O4. The van der Waals surface area contributed by atoms with E-state index in [0.717, 1.165) is 19.5 Å². The number of hydrogen-bond donors (Lipinski definition) is 1. The quantitative estimate of drug-likeness (QED) is 0.855. The van der Waals surface area contributed by atoms with E-state index in [2.05, 4.69) is 22.4 Å². The van der Waals surface area contributed by atoms with Crippen molar-refractivity contribution in [3.8, 4) is 0 Å². The van der Waals surface area contributed by atoms with Gasteiger partial charge in [0.15, 0.2) is 18.8 Å². The Bertz CT molecular complexity index is 805. The van der Waals surface area contributed by atoms with Crippen LogP contribution in [0.3, 0.4) is 0 Å². The van der Waals surface area contributed by atoms with Gasteiger partial charge in [-0.3, -0.25) is 10.1 Å². The van der Waals surface area contributed by atoms with E-state index in [0.29, 0.717) is 29.2 Å². The lowest BCUT2D eigenvalue weighted by molar-refractivity contribution is -0.131. The molecular weight excluding hydrogens is 358 g/mol. The molecule has 2 bridgehead atoms. The van der Waals surface area contributed by atoms with E-state index in [4.69, 9.17) is 9.15 Å². The fourth-order valence-corrected chi connectivity index (χ4v) is 4.53. The summed E-state index contributed by atoms with van der Waals surface area (Å²) in [6.45, 7) is 3.51. The van der Waals surface area contributed by atoms with Crippen LogP contribution in [0.5, 0.6) is 0 Å². The number of anilines is 1. The van der Waals surface area contributed by atoms with Gasteiger partial charge in [0.25, 0.3) is 0 Å². The number of nitrogens with zero attached hydrogens (tertiary/aromatic N) is 2. The first-order valence-corrected chi connectivity index (χ1v) is 9.74. The Hall–Kier alpha value is -2.83. The van der Waals surface area contributed by atoms with Crippen LogP contribution in [0.15, 0.2) is 41.3 Å². The Balaban J connectivity index is 1.29. The monoisotopic (exact) mass is 383 g/mol. The summed E-state index contributed by atoms with van der Waals surface area (Å²) in [6, 6.07) is 7.92. The molecule has 4 rings (SSSR count).